The number of hydrogen-bond acceptors (Lipinski definition) is 3. The summed E-state index contributed by atoms with van der Waals surface area (Å²) in [4.78, 5) is 2.10. The Morgan fingerprint density at radius 2 is 1.75 bits per heavy atom. The van der Waals surface area contributed by atoms with Crippen LogP contribution in [0.15, 0.2) is 48.5 Å². The molecule has 3 heteroatoms. The molecule has 0 bridgehead atoms. The van der Waals surface area contributed by atoms with Gasteiger partial charge < -0.3 is 15.4 Å². The van der Waals surface area contributed by atoms with Gasteiger partial charge in [0.2, 0.25) is 0 Å². The van der Waals surface area contributed by atoms with Gasteiger partial charge in [0.15, 0.2) is 0 Å². The number of benzene rings is 2. The maximum atomic E-state index is 5.69. The number of rotatable bonds is 6. The summed E-state index contributed by atoms with van der Waals surface area (Å²) in [5.74, 6) is 0.908. The van der Waals surface area contributed by atoms with E-state index in [1.54, 1.807) is 0 Å². The molecule has 2 aromatic rings. The average Bonchev–Trinajstić information content (AvgIpc) is 2.48. The molecule has 2 aromatic carbocycles. The Balaban J connectivity index is 2.03. The zero-order valence-corrected chi connectivity index (χ0v) is 12.2. The molecule has 2 N–H and O–H groups in total. The van der Waals surface area contributed by atoms with E-state index in [0.29, 0.717) is 13.2 Å². The van der Waals surface area contributed by atoms with Gasteiger partial charge in [-0.1, -0.05) is 30.3 Å². The van der Waals surface area contributed by atoms with Crippen LogP contribution in [0.1, 0.15) is 5.56 Å². The van der Waals surface area contributed by atoms with E-state index in [1.807, 2.05) is 38.4 Å². The minimum absolute atomic E-state index is 0.569. The summed E-state index contributed by atoms with van der Waals surface area (Å²) >= 11 is 0. The summed E-state index contributed by atoms with van der Waals surface area (Å²) in [5.41, 5.74) is 9.19. The Kier molecular flexibility index (Phi) is 5.16. The van der Waals surface area contributed by atoms with Crippen LogP contribution in [0.5, 0.6) is 5.75 Å². The van der Waals surface area contributed by atoms with E-state index in [0.717, 1.165) is 17.9 Å². The van der Waals surface area contributed by atoms with Crippen molar-refractivity contribution in [3.05, 3.63) is 54.1 Å². The van der Waals surface area contributed by atoms with Crippen LogP contribution in [0.2, 0.25) is 0 Å². The SMILES string of the molecule is CN(C)CCOc1ccc(-c2cccc(CN)c2)cc1. The minimum Gasteiger partial charge on any atom is -0.492 e. The normalized spacial score (nSPS) is 10.8. The van der Waals surface area contributed by atoms with Crippen molar-refractivity contribution in [1.82, 2.24) is 4.90 Å². The van der Waals surface area contributed by atoms with Gasteiger partial charge in [0.1, 0.15) is 12.4 Å². The molecule has 0 aliphatic rings. The van der Waals surface area contributed by atoms with Gasteiger partial charge in [0.25, 0.3) is 0 Å². The number of hydrogen-bond donors (Lipinski definition) is 1. The standard InChI is InChI=1S/C17H22N2O/c1-19(2)10-11-20-17-8-6-15(7-9-17)16-5-3-4-14(12-16)13-18/h3-9,12H,10-11,13,18H2,1-2H3. The number of nitrogens with zero attached hydrogens (tertiary/aromatic N) is 1. The van der Waals surface area contributed by atoms with Crippen molar-refractivity contribution >= 4 is 0 Å². The van der Waals surface area contributed by atoms with Gasteiger partial charge in [0.05, 0.1) is 0 Å². The van der Waals surface area contributed by atoms with Crippen LogP contribution >= 0.6 is 0 Å². The van der Waals surface area contributed by atoms with Crippen LogP contribution in [0.3, 0.4) is 0 Å². The summed E-state index contributed by atoms with van der Waals surface area (Å²) in [6.07, 6.45) is 0. The molecule has 2 rings (SSSR count). The number of ether oxygens (including phenoxy) is 1. The number of nitrogens with two attached hydrogens (primary N) is 1. The molecular weight excluding hydrogens is 248 g/mol. The van der Waals surface area contributed by atoms with Crippen molar-refractivity contribution < 1.29 is 4.74 Å². The Bertz CT molecular complexity index is 535. The van der Waals surface area contributed by atoms with Crippen molar-refractivity contribution in [2.75, 3.05) is 27.2 Å². The smallest absolute Gasteiger partial charge is 0.119 e. The first-order valence-corrected chi connectivity index (χ1v) is 6.86. The Morgan fingerprint density at radius 1 is 1.00 bits per heavy atom. The van der Waals surface area contributed by atoms with Crippen LogP contribution in [0.4, 0.5) is 0 Å². The van der Waals surface area contributed by atoms with E-state index in [1.165, 1.54) is 11.1 Å². The molecule has 0 saturated carbocycles. The van der Waals surface area contributed by atoms with Gasteiger partial charge >= 0.3 is 0 Å². The zero-order valence-electron chi connectivity index (χ0n) is 12.2. The van der Waals surface area contributed by atoms with E-state index in [9.17, 15) is 0 Å². The van der Waals surface area contributed by atoms with Crippen molar-refractivity contribution in [3.63, 3.8) is 0 Å². The molecule has 20 heavy (non-hydrogen) atoms. The third-order valence-corrected chi connectivity index (χ3v) is 3.16. The van der Waals surface area contributed by atoms with E-state index in [4.69, 9.17) is 10.5 Å². The second-order valence-corrected chi connectivity index (χ2v) is 5.08. The molecule has 0 radical (unpaired) electrons. The van der Waals surface area contributed by atoms with Crippen molar-refractivity contribution in [3.8, 4) is 16.9 Å². The molecule has 3 nitrogen and oxygen atoms in total. The lowest BCUT2D eigenvalue weighted by atomic mass is 10.0. The zero-order chi connectivity index (χ0) is 14.4. The Hall–Kier alpha value is -1.84. The Morgan fingerprint density at radius 3 is 2.40 bits per heavy atom. The monoisotopic (exact) mass is 270 g/mol. The molecule has 0 aromatic heterocycles. The first kappa shape index (κ1) is 14.6. The average molecular weight is 270 g/mol. The van der Waals surface area contributed by atoms with Crippen LogP contribution in [-0.2, 0) is 6.54 Å². The van der Waals surface area contributed by atoms with Gasteiger partial charge in [-0.3, -0.25) is 0 Å². The van der Waals surface area contributed by atoms with Gasteiger partial charge in [0, 0.05) is 13.1 Å². The Labute approximate surface area is 121 Å². The van der Waals surface area contributed by atoms with Crippen molar-refractivity contribution in [2.45, 2.75) is 6.54 Å². The van der Waals surface area contributed by atoms with Gasteiger partial charge in [-0.2, -0.15) is 0 Å². The molecule has 0 heterocycles. The molecule has 0 aliphatic carbocycles. The first-order valence-electron chi connectivity index (χ1n) is 6.86. The highest BCUT2D eigenvalue weighted by atomic mass is 16.5. The molecule has 0 spiro atoms. The van der Waals surface area contributed by atoms with E-state index >= 15 is 0 Å². The summed E-state index contributed by atoms with van der Waals surface area (Å²) < 4.78 is 5.69. The fourth-order valence-electron chi connectivity index (χ4n) is 1.97. The maximum absolute atomic E-state index is 5.69. The molecule has 0 atom stereocenters. The predicted octanol–water partition coefficient (Wildman–Crippen LogP) is 2.75. The molecule has 106 valence electrons. The lowest BCUT2D eigenvalue weighted by Crippen LogP contribution is -2.19. The van der Waals surface area contributed by atoms with Crippen LogP contribution in [-0.4, -0.2) is 32.1 Å². The van der Waals surface area contributed by atoms with Gasteiger partial charge in [-0.15, -0.1) is 0 Å². The molecule has 0 aliphatic heterocycles. The van der Waals surface area contributed by atoms with Crippen LogP contribution < -0.4 is 10.5 Å². The highest BCUT2D eigenvalue weighted by Gasteiger charge is 2.00. The third kappa shape index (κ3) is 4.08. The quantitative estimate of drug-likeness (QED) is 0.877. The van der Waals surface area contributed by atoms with Crippen molar-refractivity contribution in [2.24, 2.45) is 5.73 Å². The lowest BCUT2D eigenvalue weighted by Gasteiger charge is -2.11. The predicted molar refractivity (Wildman–Crippen MR) is 83.8 cm³/mol. The summed E-state index contributed by atoms with van der Waals surface area (Å²) in [6, 6.07) is 16.5. The molecule has 0 fully saturated rings. The fraction of sp³-hybridized carbons (Fsp3) is 0.294. The molecule has 0 amide bonds. The second-order valence-electron chi connectivity index (χ2n) is 5.08. The lowest BCUT2D eigenvalue weighted by molar-refractivity contribution is 0.261. The molecule has 0 unspecified atom stereocenters. The maximum Gasteiger partial charge on any atom is 0.119 e. The molecule has 0 saturated heterocycles. The first-order chi connectivity index (χ1) is 9.69. The number of likely N-dealkylation sites (N-methyl/N-ethyl adjacent to an activating group) is 1. The minimum atomic E-state index is 0.569. The van der Waals surface area contributed by atoms with E-state index in [2.05, 4.69) is 29.2 Å². The highest BCUT2D eigenvalue weighted by Crippen LogP contribution is 2.23. The topological polar surface area (TPSA) is 38.5 Å². The van der Waals surface area contributed by atoms with Crippen LogP contribution in [0, 0.1) is 0 Å². The highest BCUT2D eigenvalue weighted by molar-refractivity contribution is 5.64. The summed E-state index contributed by atoms with van der Waals surface area (Å²) in [6.45, 7) is 2.19. The third-order valence-electron chi connectivity index (χ3n) is 3.16. The second kappa shape index (κ2) is 7.08. The largest absolute Gasteiger partial charge is 0.492 e. The van der Waals surface area contributed by atoms with Gasteiger partial charge in [-0.05, 0) is 49.0 Å². The summed E-state index contributed by atoms with van der Waals surface area (Å²) in [7, 11) is 4.08. The van der Waals surface area contributed by atoms with E-state index < -0.39 is 0 Å². The van der Waals surface area contributed by atoms with Gasteiger partial charge in [-0.25, -0.2) is 0 Å². The van der Waals surface area contributed by atoms with E-state index in [-0.39, 0.29) is 0 Å². The molecular formula is C17H22N2O. The van der Waals surface area contributed by atoms with Crippen LogP contribution in [0.25, 0.3) is 11.1 Å². The van der Waals surface area contributed by atoms with Crippen molar-refractivity contribution in [1.29, 1.82) is 0 Å². The fourth-order valence-corrected chi connectivity index (χ4v) is 1.97. The summed E-state index contributed by atoms with van der Waals surface area (Å²) in [5, 5.41) is 0.